The molecule has 1 amide bonds. The third-order valence-corrected chi connectivity index (χ3v) is 5.17. The number of carbonyl (C=O) groups is 1. The van der Waals surface area contributed by atoms with E-state index in [9.17, 15) is 4.79 Å². The lowest BCUT2D eigenvalue weighted by Gasteiger charge is -2.16. The van der Waals surface area contributed by atoms with Gasteiger partial charge in [-0.25, -0.2) is 0 Å². The van der Waals surface area contributed by atoms with E-state index in [-0.39, 0.29) is 11.9 Å². The third kappa shape index (κ3) is 3.30. The fourth-order valence-corrected chi connectivity index (χ4v) is 3.69. The topological polar surface area (TPSA) is 75.8 Å². The number of rotatable bonds is 4. The van der Waals surface area contributed by atoms with Crippen molar-refractivity contribution in [3.8, 4) is 0 Å². The zero-order chi connectivity index (χ0) is 19.7. The highest BCUT2D eigenvalue weighted by Gasteiger charge is 2.14. The molecule has 0 aliphatic rings. The Morgan fingerprint density at radius 3 is 2.46 bits per heavy atom. The van der Waals surface area contributed by atoms with E-state index in [0.29, 0.717) is 21.7 Å². The summed E-state index contributed by atoms with van der Waals surface area (Å²) in [7, 11) is 0. The highest BCUT2D eigenvalue weighted by Crippen LogP contribution is 2.25. The van der Waals surface area contributed by atoms with E-state index in [1.54, 1.807) is 12.1 Å². The van der Waals surface area contributed by atoms with Crippen LogP contribution in [0.2, 0.25) is 0 Å². The Balaban J connectivity index is 1.59. The molecule has 3 aromatic carbocycles. The molecule has 4 rings (SSSR count). The molecule has 0 spiro atoms. The molecule has 1 unspecified atom stereocenters. The highest BCUT2D eigenvalue weighted by atomic mass is 32.1. The molecule has 28 heavy (non-hydrogen) atoms. The molecular formula is C22H20N4OS. The number of anilines is 2. The quantitative estimate of drug-likeness (QED) is 0.335. The molecule has 0 saturated heterocycles. The number of nitrogens with two attached hydrogens (primary N) is 1. The summed E-state index contributed by atoms with van der Waals surface area (Å²) in [6.07, 6.45) is 0. The Bertz CT molecular complexity index is 1210. The van der Waals surface area contributed by atoms with Crippen molar-refractivity contribution < 1.29 is 4.79 Å². The average molecular weight is 388 g/mol. The molecule has 1 aromatic heterocycles. The first kappa shape index (κ1) is 18.0. The summed E-state index contributed by atoms with van der Waals surface area (Å²) in [5.74, 6) is -0.194. The van der Waals surface area contributed by atoms with Gasteiger partial charge in [0.2, 0.25) is 0 Å². The van der Waals surface area contributed by atoms with Gasteiger partial charge in [-0.05, 0) is 61.1 Å². The van der Waals surface area contributed by atoms with Gasteiger partial charge in [0.05, 0.1) is 28.5 Å². The maximum Gasteiger partial charge on any atom is 0.255 e. The van der Waals surface area contributed by atoms with Gasteiger partial charge in [-0.2, -0.15) is 0 Å². The van der Waals surface area contributed by atoms with Crippen LogP contribution in [0.3, 0.4) is 0 Å². The molecule has 4 aromatic rings. The number of imidazole rings is 1. The van der Waals surface area contributed by atoms with Gasteiger partial charge in [0.25, 0.3) is 5.91 Å². The van der Waals surface area contributed by atoms with Crippen molar-refractivity contribution in [1.82, 2.24) is 9.55 Å². The van der Waals surface area contributed by atoms with E-state index in [1.807, 2.05) is 60.7 Å². The number of carbonyl (C=O) groups excluding carboxylic acids is 1. The molecule has 4 N–H and O–H groups in total. The standard InChI is InChI=1S/C22H20N4OS/c1-14(26-20-9-5-4-8-19(20)25-22(26)28)15-10-12-16(13-11-15)21(27)24-18-7-3-2-6-17(18)23/h2-14H,23H2,1H3,(H,24,27)(H,25,28). The van der Waals surface area contributed by atoms with Crippen LogP contribution in [0.4, 0.5) is 11.4 Å². The van der Waals surface area contributed by atoms with Crippen molar-refractivity contribution in [1.29, 1.82) is 0 Å². The number of nitrogens with zero attached hydrogens (tertiary/aromatic N) is 1. The van der Waals surface area contributed by atoms with E-state index >= 15 is 0 Å². The summed E-state index contributed by atoms with van der Waals surface area (Å²) in [5.41, 5.74) is 10.7. The van der Waals surface area contributed by atoms with Gasteiger partial charge in [0.15, 0.2) is 4.77 Å². The molecule has 5 nitrogen and oxygen atoms in total. The number of benzene rings is 3. The first-order chi connectivity index (χ1) is 13.5. The maximum atomic E-state index is 12.5. The van der Waals surface area contributed by atoms with Crippen LogP contribution in [-0.2, 0) is 0 Å². The molecule has 1 heterocycles. The zero-order valence-corrected chi connectivity index (χ0v) is 16.2. The highest BCUT2D eigenvalue weighted by molar-refractivity contribution is 7.71. The Morgan fingerprint density at radius 1 is 1.04 bits per heavy atom. The molecule has 0 aliphatic carbocycles. The van der Waals surface area contributed by atoms with Crippen LogP contribution in [0.25, 0.3) is 11.0 Å². The van der Waals surface area contributed by atoms with Crippen LogP contribution >= 0.6 is 12.2 Å². The van der Waals surface area contributed by atoms with Crippen LogP contribution in [0, 0.1) is 4.77 Å². The fourth-order valence-electron chi connectivity index (χ4n) is 3.33. The number of para-hydroxylation sites is 4. The summed E-state index contributed by atoms with van der Waals surface area (Å²) in [6, 6.07) is 22.8. The first-order valence-electron chi connectivity index (χ1n) is 8.99. The van der Waals surface area contributed by atoms with Gasteiger partial charge in [0, 0.05) is 5.56 Å². The van der Waals surface area contributed by atoms with Crippen molar-refractivity contribution >= 4 is 40.5 Å². The zero-order valence-electron chi connectivity index (χ0n) is 15.3. The second-order valence-corrected chi connectivity index (χ2v) is 7.04. The second kappa shape index (κ2) is 7.32. The molecular weight excluding hydrogens is 368 g/mol. The average Bonchev–Trinajstić information content (AvgIpc) is 3.05. The van der Waals surface area contributed by atoms with Crippen molar-refractivity contribution in [2.24, 2.45) is 0 Å². The van der Waals surface area contributed by atoms with Gasteiger partial charge in [0.1, 0.15) is 0 Å². The lowest BCUT2D eigenvalue weighted by molar-refractivity contribution is 0.102. The smallest absolute Gasteiger partial charge is 0.255 e. The van der Waals surface area contributed by atoms with E-state index in [2.05, 4.69) is 21.8 Å². The van der Waals surface area contributed by atoms with E-state index < -0.39 is 0 Å². The molecule has 0 radical (unpaired) electrons. The van der Waals surface area contributed by atoms with Crippen LogP contribution < -0.4 is 11.1 Å². The van der Waals surface area contributed by atoms with Crippen LogP contribution in [0.1, 0.15) is 28.9 Å². The summed E-state index contributed by atoms with van der Waals surface area (Å²) in [4.78, 5) is 15.8. The molecule has 6 heteroatoms. The predicted octanol–water partition coefficient (Wildman–Crippen LogP) is 5.14. The number of amides is 1. The second-order valence-electron chi connectivity index (χ2n) is 6.66. The van der Waals surface area contributed by atoms with Gasteiger partial charge in [-0.15, -0.1) is 0 Å². The van der Waals surface area contributed by atoms with Crippen LogP contribution in [0.15, 0.2) is 72.8 Å². The minimum Gasteiger partial charge on any atom is -0.397 e. The van der Waals surface area contributed by atoms with Crippen molar-refractivity contribution in [3.63, 3.8) is 0 Å². The lowest BCUT2D eigenvalue weighted by Crippen LogP contribution is -2.13. The van der Waals surface area contributed by atoms with Crippen LogP contribution in [-0.4, -0.2) is 15.5 Å². The number of aromatic amines is 1. The number of H-pyrrole nitrogens is 1. The summed E-state index contributed by atoms with van der Waals surface area (Å²) in [5, 5.41) is 2.85. The van der Waals surface area contributed by atoms with E-state index in [4.69, 9.17) is 18.0 Å². The van der Waals surface area contributed by atoms with Gasteiger partial charge < -0.3 is 20.6 Å². The predicted molar refractivity (Wildman–Crippen MR) is 116 cm³/mol. The summed E-state index contributed by atoms with van der Waals surface area (Å²) >= 11 is 5.51. The number of nitrogens with one attached hydrogen (secondary N) is 2. The molecule has 0 aliphatic heterocycles. The van der Waals surface area contributed by atoms with Gasteiger partial charge >= 0.3 is 0 Å². The minimum absolute atomic E-state index is 0.0329. The van der Waals surface area contributed by atoms with Crippen LogP contribution in [0.5, 0.6) is 0 Å². The number of aromatic nitrogens is 2. The normalized spacial score (nSPS) is 12.0. The molecule has 0 saturated carbocycles. The van der Waals surface area contributed by atoms with E-state index in [1.165, 1.54) is 0 Å². The lowest BCUT2D eigenvalue weighted by atomic mass is 10.1. The van der Waals surface area contributed by atoms with Gasteiger partial charge in [-0.1, -0.05) is 36.4 Å². The van der Waals surface area contributed by atoms with Crippen molar-refractivity contribution in [3.05, 3.63) is 88.7 Å². The molecule has 0 bridgehead atoms. The Hall–Kier alpha value is -3.38. The fraction of sp³-hybridized carbons (Fsp3) is 0.0909. The van der Waals surface area contributed by atoms with Gasteiger partial charge in [-0.3, -0.25) is 4.79 Å². The largest absolute Gasteiger partial charge is 0.397 e. The summed E-state index contributed by atoms with van der Waals surface area (Å²) in [6.45, 7) is 2.09. The Kier molecular flexibility index (Phi) is 4.71. The Labute approximate surface area is 167 Å². The number of hydrogen-bond acceptors (Lipinski definition) is 3. The molecule has 1 atom stereocenters. The third-order valence-electron chi connectivity index (χ3n) is 4.88. The van der Waals surface area contributed by atoms with Crippen molar-refractivity contribution in [2.75, 3.05) is 11.1 Å². The first-order valence-corrected chi connectivity index (χ1v) is 9.40. The van der Waals surface area contributed by atoms with E-state index in [0.717, 1.165) is 16.6 Å². The molecule has 140 valence electrons. The Morgan fingerprint density at radius 2 is 1.71 bits per heavy atom. The molecule has 0 fully saturated rings. The number of fused-ring (bicyclic) bond motifs is 1. The SMILES string of the molecule is CC(c1ccc(C(=O)Nc2ccccc2N)cc1)n1c(=S)[nH]c2ccccc21. The number of nitrogen functional groups attached to an aromatic ring is 1. The maximum absolute atomic E-state index is 12.5. The van der Waals surface area contributed by atoms with Crippen molar-refractivity contribution in [2.45, 2.75) is 13.0 Å². The monoisotopic (exact) mass is 388 g/mol. The summed E-state index contributed by atoms with van der Waals surface area (Å²) < 4.78 is 2.76. The minimum atomic E-state index is -0.194. The number of hydrogen-bond donors (Lipinski definition) is 3.